The number of nitrogens with two attached hydrogens (primary N) is 1. The molecule has 4 heteroatoms. The Morgan fingerprint density at radius 2 is 2.33 bits per heavy atom. The number of rotatable bonds is 3. The highest BCUT2D eigenvalue weighted by atomic mass is 32.2. The zero-order chi connectivity index (χ0) is 13.2. The molecular weight excluding hydrogens is 244 g/mol. The molecule has 1 saturated heterocycles. The summed E-state index contributed by atoms with van der Waals surface area (Å²) in [7, 11) is 0. The lowest BCUT2D eigenvalue weighted by Crippen LogP contribution is -2.36. The Hall–Kier alpha value is -1.16. The zero-order valence-electron chi connectivity index (χ0n) is 11.0. The number of carbonyl (C=O) groups is 1. The van der Waals surface area contributed by atoms with Gasteiger partial charge < -0.3 is 11.1 Å². The second-order valence-electron chi connectivity index (χ2n) is 5.16. The molecule has 0 spiro atoms. The van der Waals surface area contributed by atoms with Crippen LogP contribution in [-0.4, -0.2) is 23.0 Å². The molecule has 0 aromatic heterocycles. The summed E-state index contributed by atoms with van der Waals surface area (Å²) >= 11 is 1.95. The number of thioether (sulfide) groups is 1. The van der Waals surface area contributed by atoms with Gasteiger partial charge >= 0.3 is 0 Å². The first-order valence-electron chi connectivity index (χ1n) is 6.28. The van der Waals surface area contributed by atoms with Gasteiger partial charge in [0.05, 0.1) is 0 Å². The molecule has 18 heavy (non-hydrogen) atoms. The maximum absolute atomic E-state index is 12.0. The summed E-state index contributed by atoms with van der Waals surface area (Å²) in [5, 5.41) is 3.03. The van der Waals surface area contributed by atoms with E-state index in [2.05, 4.69) is 12.2 Å². The highest BCUT2D eigenvalue weighted by molar-refractivity contribution is 8.00. The standard InChI is InChI=1S/C14H20N2OS/c1-10-8-11(4-5-12(10)15)13(17)16-9-14(2)6-3-7-18-14/h4-5,8H,3,6-7,9,15H2,1-2H3,(H,16,17). The predicted molar refractivity (Wildman–Crippen MR) is 78.0 cm³/mol. The van der Waals surface area contributed by atoms with Gasteiger partial charge in [-0.2, -0.15) is 11.8 Å². The van der Waals surface area contributed by atoms with Crippen LogP contribution in [0.2, 0.25) is 0 Å². The zero-order valence-corrected chi connectivity index (χ0v) is 11.8. The SMILES string of the molecule is Cc1cc(C(=O)NCC2(C)CCCS2)ccc1N. The highest BCUT2D eigenvalue weighted by Gasteiger charge is 2.29. The minimum Gasteiger partial charge on any atom is -0.399 e. The Kier molecular flexibility index (Phi) is 3.85. The summed E-state index contributed by atoms with van der Waals surface area (Å²) in [6.07, 6.45) is 2.43. The van der Waals surface area contributed by atoms with Crippen molar-refractivity contribution < 1.29 is 4.79 Å². The molecule has 1 aliphatic heterocycles. The van der Waals surface area contributed by atoms with Crippen molar-refractivity contribution in [1.29, 1.82) is 0 Å². The largest absolute Gasteiger partial charge is 0.399 e. The molecule has 98 valence electrons. The van der Waals surface area contributed by atoms with Crippen molar-refractivity contribution in [2.75, 3.05) is 18.0 Å². The van der Waals surface area contributed by atoms with Crippen LogP contribution in [-0.2, 0) is 0 Å². The summed E-state index contributed by atoms with van der Waals surface area (Å²) in [4.78, 5) is 12.0. The van der Waals surface area contributed by atoms with Gasteiger partial charge in [0, 0.05) is 22.5 Å². The van der Waals surface area contributed by atoms with Gasteiger partial charge in [0.25, 0.3) is 5.91 Å². The smallest absolute Gasteiger partial charge is 0.251 e. The number of aryl methyl sites for hydroxylation is 1. The molecule has 1 aliphatic rings. The molecule has 1 aromatic rings. The van der Waals surface area contributed by atoms with Crippen LogP contribution in [0.5, 0.6) is 0 Å². The first-order chi connectivity index (χ1) is 8.50. The Bertz CT molecular complexity index is 453. The number of hydrogen-bond acceptors (Lipinski definition) is 3. The molecule has 0 saturated carbocycles. The maximum atomic E-state index is 12.0. The average Bonchev–Trinajstić information content (AvgIpc) is 2.77. The second kappa shape index (κ2) is 5.22. The molecule has 1 atom stereocenters. The monoisotopic (exact) mass is 264 g/mol. The fourth-order valence-electron chi connectivity index (χ4n) is 2.16. The normalized spacial score (nSPS) is 23.0. The van der Waals surface area contributed by atoms with Crippen molar-refractivity contribution in [3.8, 4) is 0 Å². The lowest BCUT2D eigenvalue weighted by molar-refractivity contribution is 0.0950. The first kappa shape index (κ1) is 13.3. The molecule has 0 bridgehead atoms. The molecular formula is C14H20N2OS. The molecule has 2 rings (SSSR count). The average molecular weight is 264 g/mol. The Morgan fingerprint density at radius 3 is 2.94 bits per heavy atom. The fourth-order valence-corrected chi connectivity index (χ4v) is 3.41. The van der Waals surface area contributed by atoms with E-state index in [0.717, 1.165) is 17.8 Å². The number of hydrogen-bond donors (Lipinski definition) is 2. The molecule has 0 aliphatic carbocycles. The molecule has 0 radical (unpaired) electrons. The predicted octanol–water partition coefficient (Wildman–Crippen LogP) is 2.59. The van der Waals surface area contributed by atoms with Crippen LogP contribution in [0.15, 0.2) is 18.2 Å². The van der Waals surface area contributed by atoms with E-state index in [-0.39, 0.29) is 10.7 Å². The quantitative estimate of drug-likeness (QED) is 0.825. The topological polar surface area (TPSA) is 55.1 Å². The van der Waals surface area contributed by atoms with Crippen LogP contribution in [0.4, 0.5) is 5.69 Å². The van der Waals surface area contributed by atoms with Crippen molar-refractivity contribution in [3.05, 3.63) is 29.3 Å². The number of anilines is 1. The highest BCUT2D eigenvalue weighted by Crippen LogP contribution is 2.36. The number of amides is 1. The van der Waals surface area contributed by atoms with Crippen LogP contribution in [0, 0.1) is 6.92 Å². The Labute approximate surface area is 113 Å². The van der Waals surface area contributed by atoms with Gasteiger partial charge in [-0.3, -0.25) is 4.79 Å². The molecule has 3 N–H and O–H groups in total. The summed E-state index contributed by atoms with van der Waals surface area (Å²) in [6, 6.07) is 5.41. The van der Waals surface area contributed by atoms with Crippen LogP contribution in [0.1, 0.15) is 35.7 Å². The number of nitrogen functional groups attached to an aromatic ring is 1. The van der Waals surface area contributed by atoms with Crippen molar-refractivity contribution in [3.63, 3.8) is 0 Å². The van der Waals surface area contributed by atoms with Gasteiger partial charge in [-0.25, -0.2) is 0 Å². The number of nitrogens with one attached hydrogen (secondary N) is 1. The first-order valence-corrected chi connectivity index (χ1v) is 7.27. The van der Waals surface area contributed by atoms with E-state index in [4.69, 9.17) is 5.73 Å². The van der Waals surface area contributed by atoms with E-state index in [0.29, 0.717) is 5.56 Å². The van der Waals surface area contributed by atoms with E-state index >= 15 is 0 Å². The minimum absolute atomic E-state index is 0.00757. The summed E-state index contributed by atoms with van der Waals surface area (Å²) in [5.74, 6) is 1.19. The molecule has 1 unspecified atom stereocenters. The van der Waals surface area contributed by atoms with Crippen LogP contribution in [0.25, 0.3) is 0 Å². The van der Waals surface area contributed by atoms with Crippen LogP contribution in [0.3, 0.4) is 0 Å². The Balaban J connectivity index is 1.97. The van der Waals surface area contributed by atoms with E-state index < -0.39 is 0 Å². The summed E-state index contributed by atoms with van der Waals surface area (Å²) in [5.41, 5.74) is 8.11. The summed E-state index contributed by atoms with van der Waals surface area (Å²) < 4.78 is 0.207. The van der Waals surface area contributed by atoms with Crippen molar-refractivity contribution >= 4 is 23.4 Å². The maximum Gasteiger partial charge on any atom is 0.251 e. The van der Waals surface area contributed by atoms with Crippen molar-refractivity contribution in [1.82, 2.24) is 5.32 Å². The summed E-state index contributed by atoms with van der Waals surface area (Å²) in [6.45, 7) is 4.87. The lowest BCUT2D eigenvalue weighted by Gasteiger charge is -2.22. The van der Waals surface area contributed by atoms with Crippen molar-refractivity contribution in [2.45, 2.75) is 31.4 Å². The van der Waals surface area contributed by atoms with Gasteiger partial charge in [0.2, 0.25) is 0 Å². The Morgan fingerprint density at radius 1 is 1.56 bits per heavy atom. The third-order valence-corrected chi connectivity index (χ3v) is 4.99. The van der Waals surface area contributed by atoms with E-state index in [1.54, 1.807) is 12.1 Å². The van der Waals surface area contributed by atoms with Gasteiger partial charge in [-0.05, 0) is 56.2 Å². The van der Waals surface area contributed by atoms with Crippen molar-refractivity contribution in [2.24, 2.45) is 0 Å². The van der Waals surface area contributed by atoms with E-state index in [1.165, 1.54) is 18.6 Å². The van der Waals surface area contributed by atoms with Gasteiger partial charge in [-0.15, -0.1) is 0 Å². The molecule has 1 amide bonds. The second-order valence-corrected chi connectivity index (χ2v) is 6.84. The van der Waals surface area contributed by atoms with Crippen LogP contribution >= 0.6 is 11.8 Å². The minimum atomic E-state index is -0.00757. The lowest BCUT2D eigenvalue weighted by atomic mass is 10.1. The van der Waals surface area contributed by atoms with E-state index in [1.807, 2.05) is 24.8 Å². The van der Waals surface area contributed by atoms with Gasteiger partial charge in [0.1, 0.15) is 0 Å². The molecule has 1 fully saturated rings. The van der Waals surface area contributed by atoms with Gasteiger partial charge in [-0.1, -0.05) is 0 Å². The third-order valence-electron chi connectivity index (χ3n) is 3.46. The van der Waals surface area contributed by atoms with Crippen LogP contribution < -0.4 is 11.1 Å². The van der Waals surface area contributed by atoms with E-state index in [9.17, 15) is 4.79 Å². The molecule has 3 nitrogen and oxygen atoms in total. The molecule has 1 heterocycles. The molecule has 1 aromatic carbocycles. The fraction of sp³-hybridized carbons (Fsp3) is 0.500. The number of benzene rings is 1. The number of carbonyl (C=O) groups excluding carboxylic acids is 1. The van der Waals surface area contributed by atoms with Gasteiger partial charge in [0.15, 0.2) is 0 Å². The third kappa shape index (κ3) is 2.99.